The second-order valence-corrected chi connectivity index (χ2v) is 25.7. The summed E-state index contributed by atoms with van der Waals surface area (Å²) in [5.74, 6) is -1.99. The third-order valence-corrected chi connectivity index (χ3v) is 21.8. The number of nitrogens with zero attached hydrogens (tertiary/aromatic N) is 6. The molecule has 18 rings (SSSR count). The Bertz CT molecular complexity index is 7220. The zero-order valence-corrected chi connectivity index (χ0v) is 48.0. The van der Waals surface area contributed by atoms with Gasteiger partial charge in [-0.05, 0) is 98.5 Å². The first-order chi connectivity index (χ1) is 54.6. The summed E-state index contributed by atoms with van der Waals surface area (Å²) in [5, 5.41) is 1.50. The summed E-state index contributed by atoms with van der Waals surface area (Å²) < 4.78 is 252. The quantitative estimate of drug-likeness (QED) is 0.101. The number of rotatable bonds is 10. The van der Waals surface area contributed by atoms with Crippen LogP contribution in [0.1, 0.15) is 34.3 Å². The van der Waals surface area contributed by atoms with E-state index < -0.39 is 231 Å². The first-order valence-electron chi connectivity index (χ1n) is 40.7. The molecule has 89 heavy (non-hydrogen) atoms. The number of aromatic nitrogens is 6. The standard InChI is InChI=1S/C81H52N6SSi/c1-3-23-53(24-4-1)54-45-47-58(48-46-54)89(57-27-5-2-6-28-57,60-30-22-26-56(52-60)85-69-38-14-7-31-61(69)62-32-8-15-39-70(62)85)59-29-21-25-55(51-59)79-82-80(68-37-12-19-43-74(68)86-71-40-16-9-33-63(71)64-34-10-17-41-72(64)86)84-81(83-79)87-73-42-18-11-36-67(73)77-75(87)50-49-66-65-35-13-20-44-76(65)88-78(66)77/h1-52H/i2D,5D,6D,9D,10D,12D,16D,17D,19D,21D,25D,27D,28D,29D,33D,34D,37D,40D,41D,43D,45D,46D,47D,48D,51D. The number of benzene rings is 13. The van der Waals surface area contributed by atoms with Gasteiger partial charge in [-0.15, -0.1) is 11.3 Å². The van der Waals surface area contributed by atoms with Gasteiger partial charge in [-0.3, -0.25) is 4.57 Å². The number of para-hydroxylation sites is 6. The van der Waals surface area contributed by atoms with Crippen LogP contribution in [0.2, 0.25) is 0 Å². The molecule has 13 aromatic carbocycles. The molecule has 416 valence electrons. The molecule has 0 N–H and O–H groups in total. The highest BCUT2D eigenvalue weighted by molar-refractivity contribution is 7.26. The maximum atomic E-state index is 11.3. The van der Waals surface area contributed by atoms with Crippen LogP contribution in [0.4, 0.5) is 0 Å². The lowest BCUT2D eigenvalue weighted by molar-refractivity contribution is 0.952. The third kappa shape index (κ3) is 7.91. The van der Waals surface area contributed by atoms with Crippen LogP contribution < -0.4 is 20.7 Å². The van der Waals surface area contributed by atoms with E-state index in [0.717, 1.165) is 35.5 Å². The largest absolute Gasteiger partial charge is 0.309 e. The number of hydrogen-bond acceptors (Lipinski definition) is 4. The monoisotopic (exact) mass is 1190 g/mol. The lowest BCUT2D eigenvalue weighted by Crippen LogP contribution is -2.74. The Morgan fingerprint density at radius 1 is 0.337 bits per heavy atom. The van der Waals surface area contributed by atoms with Gasteiger partial charge in [0.25, 0.3) is 0 Å². The van der Waals surface area contributed by atoms with Crippen LogP contribution >= 0.6 is 11.3 Å². The van der Waals surface area contributed by atoms with Crippen LogP contribution in [0.3, 0.4) is 0 Å². The molecule has 5 heterocycles. The van der Waals surface area contributed by atoms with E-state index in [-0.39, 0.29) is 16.3 Å². The summed E-state index contributed by atoms with van der Waals surface area (Å²) in [5.41, 5.74) is -1.01. The fourth-order valence-corrected chi connectivity index (χ4v) is 17.8. The number of fused-ring (bicyclic) bond motifs is 13. The van der Waals surface area contributed by atoms with Crippen LogP contribution in [0.25, 0.3) is 137 Å². The fourth-order valence-electron chi connectivity index (χ4n) is 12.6. The van der Waals surface area contributed by atoms with Crippen molar-refractivity contribution in [1.29, 1.82) is 0 Å². The molecule has 0 spiro atoms. The molecule has 6 nitrogen and oxygen atoms in total. The van der Waals surface area contributed by atoms with Crippen molar-refractivity contribution in [1.82, 2.24) is 28.7 Å². The van der Waals surface area contributed by atoms with Crippen molar-refractivity contribution in [3.63, 3.8) is 0 Å². The molecule has 0 amide bonds. The molecule has 0 bridgehead atoms. The first kappa shape index (κ1) is 31.9. The minimum absolute atomic E-state index is 0.124. The van der Waals surface area contributed by atoms with E-state index >= 15 is 0 Å². The van der Waals surface area contributed by atoms with Crippen LogP contribution in [-0.2, 0) is 0 Å². The van der Waals surface area contributed by atoms with E-state index in [4.69, 9.17) is 21.8 Å². The lowest BCUT2D eigenvalue weighted by atomic mass is 10.1. The predicted molar refractivity (Wildman–Crippen MR) is 376 cm³/mol. The summed E-state index contributed by atoms with van der Waals surface area (Å²) in [6, 6.07) is 25.5. The molecule has 0 aliphatic rings. The molecule has 18 aromatic rings. The second-order valence-electron chi connectivity index (χ2n) is 21.1. The summed E-state index contributed by atoms with van der Waals surface area (Å²) in [7, 11) is -5.97. The van der Waals surface area contributed by atoms with Crippen molar-refractivity contribution in [3.8, 4) is 51.2 Å². The molecule has 0 saturated heterocycles. The topological polar surface area (TPSA) is 53.5 Å². The van der Waals surface area contributed by atoms with Gasteiger partial charge in [-0.1, -0.05) is 248 Å². The molecule has 1 atom stereocenters. The van der Waals surface area contributed by atoms with Gasteiger partial charge in [0, 0.05) is 69.3 Å². The van der Waals surface area contributed by atoms with Gasteiger partial charge in [0.05, 0.1) is 73.1 Å². The molecule has 8 heteroatoms. The Hall–Kier alpha value is -11.3. The van der Waals surface area contributed by atoms with Crippen molar-refractivity contribution in [2.45, 2.75) is 0 Å². The molecule has 5 aromatic heterocycles. The predicted octanol–water partition coefficient (Wildman–Crippen LogP) is 17.9. The Morgan fingerprint density at radius 2 is 0.944 bits per heavy atom. The van der Waals surface area contributed by atoms with Crippen molar-refractivity contribution in [3.05, 3.63) is 315 Å². The average Bonchev–Trinajstić information content (AvgIpc) is 0.798. The van der Waals surface area contributed by atoms with Crippen LogP contribution in [0.15, 0.2) is 315 Å². The molecule has 1 unspecified atom stereocenters. The Kier molecular flexibility index (Phi) is 7.32. The SMILES string of the molecule is [2H]c1c([2H])c([2H])c([Si](c2cccc(-n3c4ccccc4c4ccccc43)c2)(c2c([2H])c([2H])c(-c3ccccc3)c([2H])c2[2H])c2c([2H])c([2H])c([2H])c(-c3nc(-c4c([2H])c([2H])c([2H])c([2H])c4-n4c5c([2H])c([2H])c([2H])c([2H])c5c5c([2H])c([2H])c([2H])c([2H])c54)nc(-n4c5ccccc5c5c6sc7ccccc7c6ccc54)n3)c2[2H])c([2H])c1[2H]. The third-order valence-electron chi connectivity index (χ3n) is 16.4. The van der Waals surface area contributed by atoms with Gasteiger partial charge in [-0.2, -0.15) is 9.97 Å². The van der Waals surface area contributed by atoms with E-state index in [2.05, 4.69) is 0 Å². The van der Waals surface area contributed by atoms with Crippen molar-refractivity contribution < 1.29 is 34.3 Å². The fraction of sp³-hybridized carbons (Fsp3) is 0. The molecule has 0 aliphatic carbocycles. The average molecular weight is 1190 g/mol. The number of hydrogen-bond donors (Lipinski definition) is 0. The van der Waals surface area contributed by atoms with E-state index in [1.807, 2.05) is 89.5 Å². The van der Waals surface area contributed by atoms with Gasteiger partial charge in [0.15, 0.2) is 19.7 Å². The number of thiophene rings is 1. The van der Waals surface area contributed by atoms with Crippen LogP contribution in [0, 0.1) is 0 Å². The van der Waals surface area contributed by atoms with Crippen LogP contribution in [-0.4, -0.2) is 36.7 Å². The minimum Gasteiger partial charge on any atom is -0.309 e. The van der Waals surface area contributed by atoms with Crippen molar-refractivity contribution in [2.24, 2.45) is 0 Å². The Balaban J connectivity index is 1.05. The normalized spacial score (nSPS) is 16.5. The molecule has 0 aliphatic heterocycles. The second kappa shape index (κ2) is 20.4. The molecule has 0 fully saturated rings. The smallest absolute Gasteiger partial charge is 0.238 e. The van der Waals surface area contributed by atoms with E-state index in [1.54, 1.807) is 77.4 Å². The van der Waals surface area contributed by atoms with Gasteiger partial charge in [0.2, 0.25) is 5.95 Å². The summed E-state index contributed by atoms with van der Waals surface area (Å²) >= 11 is 1.49. The van der Waals surface area contributed by atoms with E-state index in [9.17, 15) is 27.4 Å². The van der Waals surface area contributed by atoms with Gasteiger partial charge in [-0.25, -0.2) is 4.98 Å². The van der Waals surface area contributed by atoms with Crippen molar-refractivity contribution in [2.75, 3.05) is 0 Å². The summed E-state index contributed by atoms with van der Waals surface area (Å²) in [6.07, 6.45) is 0. The molecular weight excluding hydrogens is 1120 g/mol. The Morgan fingerprint density at radius 3 is 1.70 bits per heavy atom. The highest BCUT2D eigenvalue weighted by Crippen LogP contribution is 2.44. The molecule has 0 radical (unpaired) electrons. The van der Waals surface area contributed by atoms with E-state index in [0.29, 0.717) is 38.5 Å². The molecule has 0 saturated carbocycles. The van der Waals surface area contributed by atoms with Gasteiger partial charge < -0.3 is 9.13 Å². The summed E-state index contributed by atoms with van der Waals surface area (Å²) in [4.78, 5) is 15.3. The van der Waals surface area contributed by atoms with Gasteiger partial charge >= 0.3 is 0 Å². The summed E-state index contributed by atoms with van der Waals surface area (Å²) in [6.45, 7) is 0. The zero-order valence-electron chi connectivity index (χ0n) is 71.2. The van der Waals surface area contributed by atoms with Crippen LogP contribution in [0.5, 0.6) is 0 Å². The lowest BCUT2D eigenvalue weighted by Gasteiger charge is -2.35. The Labute approximate surface area is 552 Å². The van der Waals surface area contributed by atoms with Crippen molar-refractivity contribution >= 4 is 126 Å². The maximum absolute atomic E-state index is 11.3. The van der Waals surface area contributed by atoms with E-state index in [1.165, 1.54) is 17.4 Å². The highest BCUT2D eigenvalue weighted by Gasteiger charge is 2.42. The zero-order chi connectivity index (χ0) is 80.3. The molecular formula is C81H52N6SSi. The maximum Gasteiger partial charge on any atom is 0.238 e. The minimum atomic E-state index is -5.97. The van der Waals surface area contributed by atoms with Gasteiger partial charge in [0.1, 0.15) is 0 Å². The highest BCUT2D eigenvalue weighted by atomic mass is 32.1. The first-order valence-corrected chi connectivity index (χ1v) is 31.0.